The Morgan fingerprint density at radius 1 is 1.08 bits per heavy atom. The largest absolute Gasteiger partial charge is 0.311 e. The van der Waals surface area contributed by atoms with Crippen LogP contribution in [0.2, 0.25) is 0 Å². The first kappa shape index (κ1) is 9.56. The molecule has 2 rings (SSSR count). The standard InChI is InChI=1S/C8H15NS3/c1-2-12-8(6-10-1)3-9-7-4-11-5-7/h7-9H,1-6H2. The Balaban J connectivity index is 1.58. The van der Waals surface area contributed by atoms with E-state index in [0.29, 0.717) is 0 Å². The van der Waals surface area contributed by atoms with Crippen LogP contribution in [0.15, 0.2) is 0 Å². The van der Waals surface area contributed by atoms with Crippen molar-refractivity contribution in [3.8, 4) is 0 Å². The monoisotopic (exact) mass is 221 g/mol. The molecule has 0 radical (unpaired) electrons. The fraction of sp³-hybridized carbons (Fsp3) is 1.00. The van der Waals surface area contributed by atoms with E-state index in [-0.39, 0.29) is 0 Å². The van der Waals surface area contributed by atoms with Crippen molar-refractivity contribution in [2.45, 2.75) is 11.3 Å². The second-order valence-corrected chi connectivity index (χ2v) is 6.84. The lowest BCUT2D eigenvalue weighted by molar-refractivity contribution is 0.585. The van der Waals surface area contributed by atoms with Gasteiger partial charge in [-0.3, -0.25) is 0 Å². The summed E-state index contributed by atoms with van der Waals surface area (Å²) >= 11 is 6.32. The van der Waals surface area contributed by atoms with Crippen molar-refractivity contribution >= 4 is 35.3 Å². The van der Waals surface area contributed by atoms with E-state index in [1.807, 2.05) is 0 Å². The van der Waals surface area contributed by atoms with Gasteiger partial charge in [-0.15, -0.1) is 0 Å². The van der Waals surface area contributed by atoms with Crippen LogP contribution >= 0.6 is 35.3 Å². The maximum Gasteiger partial charge on any atom is 0.0263 e. The number of rotatable bonds is 3. The van der Waals surface area contributed by atoms with Crippen molar-refractivity contribution in [2.24, 2.45) is 0 Å². The summed E-state index contributed by atoms with van der Waals surface area (Å²) in [5.74, 6) is 6.75. The third kappa shape index (κ3) is 2.76. The molecule has 0 aliphatic carbocycles. The average Bonchev–Trinajstić information content (AvgIpc) is 2.04. The van der Waals surface area contributed by atoms with Gasteiger partial charge in [0.15, 0.2) is 0 Å². The normalized spacial score (nSPS) is 31.5. The van der Waals surface area contributed by atoms with Crippen molar-refractivity contribution in [1.82, 2.24) is 5.32 Å². The molecule has 12 heavy (non-hydrogen) atoms. The van der Waals surface area contributed by atoms with Gasteiger partial charge in [0.25, 0.3) is 0 Å². The third-order valence-corrected chi connectivity index (χ3v) is 6.28. The molecule has 4 heteroatoms. The molecule has 2 fully saturated rings. The van der Waals surface area contributed by atoms with E-state index in [9.17, 15) is 0 Å². The lowest BCUT2D eigenvalue weighted by atomic mass is 10.3. The zero-order valence-electron chi connectivity index (χ0n) is 7.12. The highest BCUT2D eigenvalue weighted by Crippen LogP contribution is 2.24. The van der Waals surface area contributed by atoms with Crippen LogP contribution in [0.25, 0.3) is 0 Å². The first-order valence-corrected chi connectivity index (χ1v) is 7.81. The molecule has 2 aliphatic rings. The third-order valence-electron chi connectivity index (χ3n) is 2.16. The van der Waals surface area contributed by atoms with Gasteiger partial charge < -0.3 is 5.32 Å². The van der Waals surface area contributed by atoms with E-state index < -0.39 is 0 Å². The topological polar surface area (TPSA) is 12.0 Å². The van der Waals surface area contributed by atoms with Crippen molar-refractivity contribution in [3.63, 3.8) is 0 Å². The molecule has 0 aromatic rings. The number of hydrogen-bond donors (Lipinski definition) is 1. The zero-order chi connectivity index (χ0) is 8.23. The van der Waals surface area contributed by atoms with Crippen LogP contribution in [0.5, 0.6) is 0 Å². The van der Waals surface area contributed by atoms with Crippen LogP contribution in [-0.4, -0.2) is 46.6 Å². The predicted molar refractivity (Wildman–Crippen MR) is 62.7 cm³/mol. The van der Waals surface area contributed by atoms with Crippen LogP contribution in [0.3, 0.4) is 0 Å². The van der Waals surface area contributed by atoms with E-state index in [1.54, 1.807) is 0 Å². The minimum Gasteiger partial charge on any atom is -0.311 e. The molecule has 0 amide bonds. The molecule has 2 heterocycles. The van der Waals surface area contributed by atoms with Crippen molar-refractivity contribution < 1.29 is 0 Å². The predicted octanol–water partition coefficient (Wildman–Crippen LogP) is 1.54. The van der Waals surface area contributed by atoms with E-state index in [1.165, 1.54) is 35.3 Å². The fourth-order valence-electron chi connectivity index (χ4n) is 1.31. The highest BCUT2D eigenvalue weighted by molar-refractivity contribution is 8.06. The fourth-order valence-corrected chi connectivity index (χ4v) is 4.64. The quantitative estimate of drug-likeness (QED) is 0.775. The van der Waals surface area contributed by atoms with Gasteiger partial charge in [-0.2, -0.15) is 35.3 Å². The van der Waals surface area contributed by atoms with Gasteiger partial charge in [-0.25, -0.2) is 0 Å². The Morgan fingerprint density at radius 3 is 2.58 bits per heavy atom. The van der Waals surface area contributed by atoms with E-state index in [4.69, 9.17) is 0 Å². The summed E-state index contributed by atoms with van der Waals surface area (Å²) in [5.41, 5.74) is 0. The molecule has 1 N–H and O–H groups in total. The van der Waals surface area contributed by atoms with Gasteiger partial charge in [-0.05, 0) is 0 Å². The van der Waals surface area contributed by atoms with Gasteiger partial charge in [-0.1, -0.05) is 0 Å². The Kier molecular flexibility index (Phi) is 4.01. The molecule has 0 aromatic heterocycles. The summed E-state index contributed by atoms with van der Waals surface area (Å²) in [6, 6.07) is 0.836. The van der Waals surface area contributed by atoms with Crippen LogP contribution in [0.4, 0.5) is 0 Å². The molecule has 0 aromatic carbocycles. The van der Waals surface area contributed by atoms with Gasteiger partial charge in [0.2, 0.25) is 0 Å². The van der Waals surface area contributed by atoms with E-state index >= 15 is 0 Å². The van der Waals surface area contributed by atoms with Crippen molar-refractivity contribution in [3.05, 3.63) is 0 Å². The van der Waals surface area contributed by atoms with E-state index in [2.05, 4.69) is 40.6 Å². The Bertz CT molecular complexity index is 132. The number of nitrogens with one attached hydrogen (secondary N) is 1. The van der Waals surface area contributed by atoms with Gasteiger partial charge in [0.05, 0.1) is 0 Å². The van der Waals surface area contributed by atoms with Crippen LogP contribution in [0, 0.1) is 0 Å². The average molecular weight is 221 g/mol. The van der Waals surface area contributed by atoms with Crippen LogP contribution in [-0.2, 0) is 0 Å². The Labute approximate surface area is 87.2 Å². The molecule has 70 valence electrons. The second-order valence-electron chi connectivity index (χ2n) is 3.21. The molecule has 1 unspecified atom stereocenters. The SMILES string of the molecule is C1CSC(CNC2CSC2)CS1. The Hall–Kier alpha value is 1.01. The maximum atomic E-state index is 3.63. The van der Waals surface area contributed by atoms with Crippen LogP contribution < -0.4 is 5.32 Å². The minimum atomic E-state index is 0.836. The maximum absolute atomic E-state index is 3.63. The first-order valence-electron chi connectivity index (χ1n) is 4.45. The molecule has 0 spiro atoms. The molecule has 1 nitrogen and oxygen atoms in total. The molecule has 0 bridgehead atoms. The van der Waals surface area contributed by atoms with Gasteiger partial charge in [0, 0.05) is 46.6 Å². The smallest absolute Gasteiger partial charge is 0.0263 e. The summed E-state index contributed by atoms with van der Waals surface area (Å²) < 4.78 is 0. The molecule has 2 aliphatic heterocycles. The number of thioether (sulfide) groups is 3. The minimum absolute atomic E-state index is 0.836. The van der Waals surface area contributed by atoms with Gasteiger partial charge in [0.1, 0.15) is 0 Å². The van der Waals surface area contributed by atoms with E-state index in [0.717, 1.165) is 11.3 Å². The van der Waals surface area contributed by atoms with Crippen molar-refractivity contribution in [1.29, 1.82) is 0 Å². The highest BCUT2D eigenvalue weighted by atomic mass is 32.2. The van der Waals surface area contributed by atoms with Crippen molar-refractivity contribution in [2.75, 3.05) is 35.3 Å². The lowest BCUT2D eigenvalue weighted by Crippen LogP contribution is -2.44. The highest BCUT2D eigenvalue weighted by Gasteiger charge is 2.20. The summed E-state index contributed by atoms with van der Waals surface area (Å²) in [5, 5.41) is 4.52. The second kappa shape index (κ2) is 5.03. The molecular formula is C8H15NS3. The zero-order valence-corrected chi connectivity index (χ0v) is 9.57. The molecule has 0 saturated carbocycles. The molecule has 2 saturated heterocycles. The van der Waals surface area contributed by atoms with Gasteiger partial charge >= 0.3 is 0 Å². The molecule has 1 atom stereocenters. The Morgan fingerprint density at radius 2 is 2.00 bits per heavy atom. The summed E-state index contributed by atoms with van der Waals surface area (Å²) in [6.07, 6.45) is 0. The first-order chi connectivity index (χ1) is 5.95. The summed E-state index contributed by atoms with van der Waals surface area (Å²) in [4.78, 5) is 0. The summed E-state index contributed by atoms with van der Waals surface area (Å²) in [7, 11) is 0. The summed E-state index contributed by atoms with van der Waals surface area (Å²) in [6.45, 7) is 1.24. The number of hydrogen-bond acceptors (Lipinski definition) is 4. The lowest BCUT2D eigenvalue weighted by Gasteiger charge is -2.29. The van der Waals surface area contributed by atoms with Crippen LogP contribution in [0.1, 0.15) is 0 Å². The molecular weight excluding hydrogens is 206 g/mol.